The molecule has 1 radical (unpaired) electrons. The quantitative estimate of drug-likeness (QED) is 0.240. The van der Waals surface area contributed by atoms with Gasteiger partial charge in [-0.25, -0.2) is 0 Å². The van der Waals surface area contributed by atoms with Crippen LogP contribution in [0.25, 0.3) is 0 Å². The Kier molecular flexibility index (Phi) is 9.49. The van der Waals surface area contributed by atoms with Crippen LogP contribution in [0.5, 0.6) is 0 Å². The number of amidine groups is 2. The van der Waals surface area contributed by atoms with Crippen LogP contribution in [0.1, 0.15) is 13.8 Å². The van der Waals surface area contributed by atoms with Gasteiger partial charge in [0.05, 0.1) is 11.4 Å². The van der Waals surface area contributed by atoms with Crippen molar-refractivity contribution in [1.82, 2.24) is 0 Å². The SMILES string of the molecule is CC(=N\N=C(\N)[S-])/C(C)=N/N=C(/N)[S-].[Cu+2]. The maximum absolute atomic E-state index is 5.12. The van der Waals surface area contributed by atoms with Crippen molar-refractivity contribution in [2.45, 2.75) is 13.8 Å². The van der Waals surface area contributed by atoms with Crippen LogP contribution in [0.3, 0.4) is 0 Å². The molecule has 0 fully saturated rings. The first-order valence-corrected chi connectivity index (χ1v) is 4.35. The van der Waals surface area contributed by atoms with Crippen molar-refractivity contribution in [3.63, 3.8) is 0 Å². The predicted molar refractivity (Wildman–Crippen MR) is 64.2 cm³/mol. The van der Waals surface area contributed by atoms with Crippen LogP contribution >= 0.6 is 0 Å². The Morgan fingerprint density at radius 3 is 1.27 bits per heavy atom. The number of nitrogens with zero attached hydrogens (tertiary/aromatic N) is 4. The maximum atomic E-state index is 5.12. The Morgan fingerprint density at radius 1 is 0.800 bits per heavy atom. The molecule has 4 N–H and O–H groups in total. The van der Waals surface area contributed by atoms with Crippen molar-refractivity contribution < 1.29 is 17.1 Å². The van der Waals surface area contributed by atoms with Gasteiger partial charge in [-0.3, -0.25) is 0 Å². The number of rotatable bonds is 3. The molecule has 0 rings (SSSR count). The predicted octanol–water partition coefficient (Wildman–Crippen LogP) is -0.541. The largest absolute Gasteiger partial charge is 2.00 e. The molecule has 0 aliphatic heterocycles. The molecule has 87 valence electrons. The summed E-state index contributed by atoms with van der Waals surface area (Å²) in [6.45, 7) is 3.38. The molecule has 0 unspecified atom stereocenters. The van der Waals surface area contributed by atoms with Crippen LogP contribution in [-0.4, -0.2) is 21.8 Å². The van der Waals surface area contributed by atoms with E-state index >= 15 is 0 Å². The Bertz CT molecular complexity index is 282. The molecule has 9 heteroatoms. The molecule has 0 aliphatic carbocycles. The summed E-state index contributed by atoms with van der Waals surface area (Å²) in [5.74, 6) is 0. The Labute approximate surface area is 110 Å². The summed E-state index contributed by atoms with van der Waals surface area (Å²) in [5.41, 5.74) is 11.3. The molecule has 0 atom stereocenters. The van der Waals surface area contributed by atoms with Crippen LogP contribution in [0, 0.1) is 0 Å². The van der Waals surface area contributed by atoms with Crippen LogP contribution < -0.4 is 11.5 Å². The fraction of sp³-hybridized carbons (Fsp3) is 0.333. The van der Waals surface area contributed by atoms with Crippen molar-refractivity contribution in [2.24, 2.45) is 31.9 Å². The molecule has 0 aromatic carbocycles. The van der Waals surface area contributed by atoms with Gasteiger partial charge in [-0.2, -0.15) is 20.4 Å². The summed E-state index contributed by atoms with van der Waals surface area (Å²) >= 11 is 9.01. The molecule has 6 nitrogen and oxygen atoms in total. The average Bonchev–Trinajstić information content (AvgIpc) is 2.09. The summed E-state index contributed by atoms with van der Waals surface area (Å²) in [6, 6.07) is 0. The second-order valence-corrected chi connectivity index (χ2v) is 3.08. The van der Waals surface area contributed by atoms with Gasteiger partial charge in [-0.05, 0) is 24.2 Å². The third kappa shape index (κ3) is 9.54. The smallest absolute Gasteiger partial charge is 0.741 e. The first kappa shape index (κ1) is 16.7. The number of hydrogen-bond acceptors (Lipinski definition) is 6. The van der Waals surface area contributed by atoms with Crippen LogP contribution in [0.2, 0.25) is 0 Å². The van der Waals surface area contributed by atoms with E-state index in [1.54, 1.807) is 13.8 Å². The van der Waals surface area contributed by atoms with Gasteiger partial charge in [0, 0.05) is 0 Å². The first-order chi connectivity index (χ1) is 6.43. The van der Waals surface area contributed by atoms with E-state index in [-0.39, 0.29) is 27.4 Å². The molecule has 0 aliphatic rings. The fourth-order valence-corrected chi connectivity index (χ4v) is 0.475. The Balaban J connectivity index is 0. The zero-order valence-electron chi connectivity index (χ0n) is 8.06. The summed E-state index contributed by atoms with van der Waals surface area (Å²) < 4.78 is 0. The zero-order valence-corrected chi connectivity index (χ0v) is 10.6. The van der Waals surface area contributed by atoms with Gasteiger partial charge in [-0.1, -0.05) is 0 Å². The molecule has 0 aromatic heterocycles. The minimum absolute atomic E-state index is 0. The third-order valence-electron chi connectivity index (χ3n) is 1.12. The fourth-order valence-electron chi connectivity index (χ4n) is 0.393. The molecular formula is C6H10CuN6S2. The van der Waals surface area contributed by atoms with Crippen molar-refractivity contribution in [3.8, 4) is 0 Å². The van der Waals surface area contributed by atoms with Crippen LogP contribution in [0.4, 0.5) is 0 Å². The molecule has 0 heterocycles. The molecule has 0 saturated carbocycles. The van der Waals surface area contributed by atoms with Crippen LogP contribution in [-0.2, 0) is 42.3 Å². The summed E-state index contributed by atoms with van der Waals surface area (Å²) in [6.07, 6.45) is 0. The molecule has 0 aromatic rings. The van der Waals surface area contributed by atoms with Crippen LogP contribution in [0.15, 0.2) is 20.4 Å². The normalized spacial score (nSPS) is 14.8. The van der Waals surface area contributed by atoms with E-state index in [2.05, 4.69) is 45.7 Å². The van der Waals surface area contributed by atoms with Gasteiger partial charge in [0.1, 0.15) is 0 Å². The van der Waals surface area contributed by atoms with E-state index in [0.717, 1.165) is 0 Å². The second-order valence-electron chi connectivity index (χ2n) is 2.25. The third-order valence-corrected chi connectivity index (χ3v) is 1.28. The van der Waals surface area contributed by atoms with E-state index in [1.165, 1.54) is 0 Å². The van der Waals surface area contributed by atoms with E-state index in [9.17, 15) is 0 Å². The van der Waals surface area contributed by atoms with Gasteiger partial charge in [-0.15, -0.1) is 0 Å². The van der Waals surface area contributed by atoms with Crippen molar-refractivity contribution in [2.75, 3.05) is 0 Å². The topological polar surface area (TPSA) is 101 Å². The van der Waals surface area contributed by atoms with Gasteiger partial charge in [0.25, 0.3) is 0 Å². The summed E-state index contributed by atoms with van der Waals surface area (Å²) in [4.78, 5) is 0. The van der Waals surface area contributed by atoms with Gasteiger partial charge >= 0.3 is 17.1 Å². The number of nitrogens with two attached hydrogens (primary N) is 2. The minimum atomic E-state index is -0.0385. The summed E-state index contributed by atoms with van der Waals surface area (Å²) in [7, 11) is 0. The average molecular weight is 294 g/mol. The minimum Gasteiger partial charge on any atom is -0.741 e. The number of hydrogen-bond donors (Lipinski definition) is 2. The Hall–Kier alpha value is -0.761. The van der Waals surface area contributed by atoms with E-state index in [0.29, 0.717) is 11.4 Å². The van der Waals surface area contributed by atoms with E-state index < -0.39 is 0 Å². The maximum Gasteiger partial charge on any atom is 2.00 e. The van der Waals surface area contributed by atoms with E-state index in [1.807, 2.05) is 0 Å². The van der Waals surface area contributed by atoms with Gasteiger partial charge in [0.2, 0.25) is 0 Å². The molecule has 0 bridgehead atoms. The molecule has 15 heavy (non-hydrogen) atoms. The Morgan fingerprint density at radius 2 is 1.07 bits per heavy atom. The standard InChI is InChI=1S/C6H12N6S2.Cu/c1-3(9-11-5(7)13)4(2)10-12-6(8)14;/h1-2H3,(H3,7,11,13)(H3,8,12,14);/q;+2/p-2/b9-3+,10-4+;. The molecule has 0 spiro atoms. The second kappa shape index (κ2) is 8.54. The molecular weight excluding hydrogens is 284 g/mol. The van der Waals surface area contributed by atoms with Crippen molar-refractivity contribution in [3.05, 3.63) is 0 Å². The van der Waals surface area contributed by atoms with Gasteiger partial charge in [0.15, 0.2) is 0 Å². The van der Waals surface area contributed by atoms with Crippen molar-refractivity contribution in [1.29, 1.82) is 0 Å². The zero-order chi connectivity index (χ0) is 11.1. The monoisotopic (exact) mass is 293 g/mol. The van der Waals surface area contributed by atoms with E-state index in [4.69, 9.17) is 11.5 Å². The molecule has 0 saturated heterocycles. The van der Waals surface area contributed by atoms with Gasteiger partial charge < -0.3 is 36.7 Å². The molecule has 0 amide bonds. The first-order valence-electron chi connectivity index (χ1n) is 3.53. The summed E-state index contributed by atoms with van der Waals surface area (Å²) in [5, 5.41) is 14.3. The van der Waals surface area contributed by atoms with Crippen molar-refractivity contribution >= 4 is 47.0 Å².